The molecular weight excluding hydrogens is 408 g/mol. The molecule has 1 fully saturated rings. The van der Waals surface area contributed by atoms with Gasteiger partial charge in [-0.2, -0.15) is 4.31 Å². The lowest BCUT2D eigenvalue weighted by Gasteiger charge is -2.42. The number of piperidine rings is 1. The molecule has 29 heavy (non-hydrogen) atoms. The molecule has 1 heterocycles. The molecule has 1 aliphatic heterocycles. The molecule has 2 rings (SSSR count). The Morgan fingerprint density at radius 3 is 1.83 bits per heavy atom. The summed E-state index contributed by atoms with van der Waals surface area (Å²) in [7, 11) is -7.00. The van der Waals surface area contributed by atoms with E-state index in [2.05, 4.69) is 25.5 Å². The van der Waals surface area contributed by atoms with Crippen LogP contribution >= 0.6 is 0 Å². The number of benzene rings is 1. The average Bonchev–Trinajstić information content (AvgIpc) is 2.65. The zero-order valence-electron chi connectivity index (χ0n) is 18.1. The van der Waals surface area contributed by atoms with E-state index in [9.17, 15) is 16.8 Å². The third kappa shape index (κ3) is 6.69. The van der Waals surface area contributed by atoms with Crippen LogP contribution in [0.4, 0.5) is 5.69 Å². The van der Waals surface area contributed by atoms with Crippen LogP contribution in [0.5, 0.6) is 0 Å². The Labute approximate surface area is 177 Å². The quantitative estimate of drug-likeness (QED) is 0.583. The van der Waals surface area contributed by atoms with E-state index in [1.54, 1.807) is 4.31 Å². The normalized spacial score (nSPS) is 23.8. The molecule has 8 heteroatoms. The van der Waals surface area contributed by atoms with Gasteiger partial charge in [-0.1, -0.05) is 46.5 Å². The summed E-state index contributed by atoms with van der Waals surface area (Å²) in [4.78, 5) is 0.217. The third-order valence-corrected chi connectivity index (χ3v) is 8.47. The van der Waals surface area contributed by atoms with E-state index in [4.69, 9.17) is 0 Å². The Kier molecular flexibility index (Phi) is 8.55. The third-order valence-electron chi connectivity index (χ3n) is 6.02. The van der Waals surface area contributed by atoms with Gasteiger partial charge in [0.2, 0.25) is 20.0 Å². The lowest BCUT2D eigenvalue weighted by atomic mass is 9.75. The zero-order chi connectivity index (χ0) is 21.7. The molecule has 2 unspecified atom stereocenters. The highest BCUT2D eigenvalue weighted by Crippen LogP contribution is 2.37. The fourth-order valence-corrected chi connectivity index (χ4v) is 6.33. The number of hydrogen-bond donors (Lipinski definition) is 1. The molecule has 1 aromatic carbocycles. The van der Waals surface area contributed by atoms with Crippen LogP contribution in [0.25, 0.3) is 0 Å². The summed E-state index contributed by atoms with van der Waals surface area (Å²) in [6, 6.07) is 5.99. The molecule has 1 saturated heterocycles. The fourth-order valence-electron chi connectivity index (χ4n) is 4.21. The minimum absolute atomic E-state index is 0.217. The SMILES string of the molecule is CCCCC1CN(S(=O)(=O)c2ccc(NS(C)(=O)=O)cc2)CC(CCCC)C1C. The van der Waals surface area contributed by atoms with Gasteiger partial charge in [-0.3, -0.25) is 4.72 Å². The van der Waals surface area contributed by atoms with Crippen molar-refractivity contribution in [2.24, 2.45) is 17.8 Å². The Morgan fingerprint density at radius 2 is 1.41 bits per heavy atom. The number of sulfonamides is 2. The van der Waals surface area contributed by atoms with Crippen molar-refractivity contribution in [2.75, 3.05) is 24.1 Å². The average molecular weight is 445 g/mol. The van der Waals surface area contributed by atoms with Crippen molar-refractivity contribution >= 4 is 25.7 Å². The van der Waals surface area contributed by atoms with Crippen LogP contribution in [0.15, 0.2) is 29.2 Å². The van der Waals surface area contributed by atoms with Crippen molar-refractivity contribution in [3.63, 3.8) is 0 Å². The van der Waals surface area contributed by atoms with E-state index in [0.29, 0.717) is 36.5 Å². The van der Waals surface area contributed by atoms with Gasteiger partial charge in [-0.05, 0) is 54.9 Å². The summed E-state index contributed by atoms with van der Waals surface area (Å²) < 4.78 is 53.4. The molecule has 0 bridgehead atoms. The largest absolute Gasteiger partial charge is 0.284 e. The molecule has 0 aliphatic carbocycles. The first-order valence-electron chi connectivity index (χ1n) is 10.7. The van der Waals surface area contributed by atoms with Gasteiger partial charge in [-0.25, -0.2) is 16.8 Å². The van der Waals surface area contributed by atoms with Crippen LogP contribution in [0.3, 0.4) is 0 Å². The number of nitrogens with zero attached hydrogens (tertiary/aromatic N) is 1. The second-order valence-electron chi connectivity index (χ2n) is 8.38. The van der Waals surface area contributed by atoms with Crippen LogP contribution in [0, 0.1) is 17.8 Å². The Hall–Kier alpha value is -1.12. The van der Waals surface area contributed by atoms with Crippen molar-refractivity contribution in [2.45, 2.75) is 64.2 Å². The maximum absolute atomic E-state index is 13.3. The molecule has 1 N–H and O–H groups in total. The van der Waals surface area contributed by atoms with Gasteiger partial charge >= 0.3 is 0 Å². The molecule has 166 valence electrons. The smallest absolute Gasteiger partial charge is 0.243 e. The number of unbranched alkanes of at least 4 members (excludes halogenated alkanes) is 2. The molecule has 0 saturated carbocycles. The van der Waals surface area contributed by atoms with Crippen LogP contribution in [-0.2, 0) is 20.0 Å². The predicted molar refractivity (Wildman–Crippen MR) is 119 cm³/mol. The maximum atomic E-state index is 13.3. The number of hydrogen-bond acceptors (Lipinski definition) is 4. The second-order valence-corrected chi connectivity index (χ2v) is 12.1. The van der Waals surface area contributed by atoms with Gasteiger partial charge in [0.15, 0.2) is 0 Å². The van der Waals surface area contributed by atoms with Crippen molar-refractivity contribution in [3.8, 4) is 0 Å². The Balaban J connectivity index is 2.24. The van der Waals surface area contributed by atoms with Crippen molar-refractivity contribution in [1.29, 1.82) is 0 Å². The van der Waals surface area contributed by atoms with E-state index in [1.165, 1.54) is 24.3 Å². The lowest BCUT2D eigenvalue weighted by Crippen LogP contribution is -2.48. The Morgan fingerprint density at radius 1 is 0.931 bits per heavy atom. The van der Waals surface area contributed by atoms with Gasteiger partial charge in [0.05, 0.1) is 11.2 Å². The number of nitrogens with one attached hydrogen (secondary N) is 1. The first-order valence-corrected chi connectivity index (χ1v) is 14.0. The van der Waals surface area contributed by atoms with Gasteiger partial charge in [0.1, 0.15) is 0 Å². The predicted octanol–water partition coefficient (Wildman–Crippen LogP) is 4.31. The maximum Gasteiger partial charge on any atom is 0.243 e. The molecule has 2 atom stereocenters. The van der Waals surface area contributed by atoms with Gasteiger partial charge in [0, 0.05) is 18.8 Å². The van der Waals surface area contributed by atoms with Crippen LogP contribution < -0.4 is 4.72 Å². The van der Waals surface area contributed by atoms with Gasteiger partial charge < -0.3 is 0 Å². The second kappa shape index (κ2) is 10.3. The molecular formula is C21H36N2O4S2. The molecule has 1 aliphatic rings. The molecule has 6 nitrogen and oxygen atoms in total. The highest BCUT2D eigenvalue weighted by atomic mass is 32.2. The molecule has 1 aromatic rings. The van der Waals surface area contributed by atoms with Crippen molar-refractivity contribution < 1.29 is 16.8 Å². The summed E-state index contributed by atoms with van der Waals surface area (Å²) in [6.07, 6.45) is 7.66. The standard InChI is InChI=1S/C21H36N2O4S2/c1-5-7-9-18-15-23(16-19(17(18)3)10-8-6-2)29(26,27)21-13-11-20(12-14-21)22-28(4,24)25/h11-14,17-19,22H,5-10,15-16H2,1-4H3. The summed E-state index contributed by atoms with van der Waals surface area (Å²) in [5.74, 6) is 1.29. The molecule has 0 spiro atoms. The first kappa shape index (κ1) is 24.2. The highest BCUT2D eigenvalue weighted by molar-refractivity contribution is 7.92. The lowest BCUT2D eigenvalue weighted by molar-refractivity contribution is 0.109. The van der Waals surface area contributed by atoms with Crippen molar-refractivity contribution in [1.82, 2.24) is 4.31 Å². The fraction of sp³-hybridized carbons (Fsp3) is 0.714. The van der Waals surface area contributed by atoms with Gasteiger partial charge in [0.25, 0.3) is 0 Å². The molecule has 0 amide bonds. The number of anilines is 1. The highest BCUT2D eigenvalue weighted by Gasteiger charge is 2.38. The van der Waals surface area contributed by atoms with E-state index in [0.717, 1.165) is 44.8 Å². The van der Waals surface area contributed by atoms with Crippen LogP contribution in [0.1, 0.15) is 59.3 Å². The summed E-state index contributed by atoms with van der Waals surface area (Å²) in [6.45, 7) is 7.76. The number of rotatable bonds is 10. The Bertz CT molecular complexity index is 833. The minimum atomic E-state index is -3.61. The van der Waals surface area contributed by atoms with Crippen molar-refractivity contribution in [3.05, 3.63) is 24.3 Å². The van der Waals surface area contributed by atoms with Gasteiger partial charge in [-0.15, -0.1) is 0 Å². The monoisotopic (exact) mass is 444 g/mol. The summed E-state index contributed by atoms with van der Waals surface area (Å²) in [5, 5.41) is 0. The first-order chi connectivity index (χ1) is 13.6. The molecule has 0 radical (unpaired) electrons. The van der Waals surface area contributed by atoms with Crippen LogP contribution in [-0.4, -0.2) is 40.5 Å². The summed E-state index contributed by atoms with van der Waals surface area (Å²) >= 11 is 0. The van der Waals surface area contributed by atoms with E-state index < -0.39 is 20.0 Å². The van der Waals surface area contributed by atoms with E-state index in [1.807, 2.05) is 0 Å². The summed E-state index contributed by atoms with van der Waals surface area (Å²) in [5.41, 5.74) is 0.361. The zero-order valence-corrected chi connectivity index (χ0v) is 19.7. The minimum Gasteiger partial charge on any atom is -0.284 e. The topological polar surface area (TPSA) is 83.6 Å². The molecule has 0 aromatic heterocycles. The van der Waals surface area contributed by atoms with E-state index in [-0.39, 0.29) is 4.90 Å². The van der Waals surface area contributed by atoms with E-state index >= 15 is 0 Å². The van der Waals surface area contributed by atoms with Crippen LogP contribution in [0.2, 0.25) is 0 Å².